The number of carbonyl (C=O) groups is 1. The number of amides is 1. The van der Waals surface area contributed by atoms with Crippen LogP contribution in [0.15, 0.2) is 40.9 Å². The average Bonchev–Trinajstić information content (AvgIpc) is 2.31. The van der Waals surface area contributed by atoms with E-state index in [4.69, 9.17) is 0 Å². The van der Waals surface area contributed by atoms with Crippen molar-refractivity contribution < 1.29 is 4.79 Å². The van der Waals surface area contributed by atoms with Gasteiger partial charge in [0.2, 0.25) is 0 Å². The second kappa shape index (κ2) is 5.57. The molecule has 0 aliphatic rings. The van der Waals surface area contributed by atoms with Crippen LogP contribution in [0.1, 0.15) is 27.0 Å². The second-order valence-electron chi connectivity index (χ2n) is 4.77. The summed E-state index contributed by atoms with van der Waals surface area (Å²) in [6.07, 6.45) is 0. The third-order valence-corrected chi connectivity index (χ3v) is 3.97. The number of benzene rings is 2. The predicted octanol–water partition coefficient (Wildman–Crippen LogP) is 4.63. The number of rotatable bonds is 2. The Balaban J connectivity index is 2.28. The zero-order valence-corrected chi connectivity index (χ0v) is 12.8. The molecule has 0 unspecified atom stereocenters. The fraction of sp³-hybridized carbons (Fsp3) is 0.188. The fourth-order valence-electron chi connectivity index (χ4n) is 2.07. The number of hydrogen-bond donors (Lipinski definition) is 1. The van der Waals surface area contributed by atoms with Crippen LogP contribution >= 0.6 is 15.9 Å². The first-order chi connectivity index (χ1) is 8.97. The maximum Gasteiger partial charge on any atom is 0.256 e. The van der Waals surface area contributed by atoms with E-state index in [1.807, 2.05) is 51.1 Å². The van der Waals surface area contributed by atoms with Gasteiger partial charge in [0.15, 0.2) is 0 Å². The molecule has 0 aliphatic heterocycles. The molecule has 98 valence electrons. The lowest BCUT2D eigenvalue weighted by atomic mass is 10.1. The molecule has 2 nitrogen and oxygen atoms in total. The Morgan fingerprint density at radius 3 is 2.32 bits per heavy atom. The molecule has 0 saturated heterocycles. The lowest BCUT2D eigenvalue weighted by molar-refractivity contribution is 0.102. The van der Waals surface area contributed by atoms with Crippen molar-refractivity contribution in [3.05, 3.63) is 63.1 Å². The average molecular weight is 318 g/mol. The van der Waals surface area contributed by atoms with Crippen molar-refractivity contribution in [3.63, 3.8) is 0 Å². The van der Waals surface area contributed by atoms with Crippen LogP contribution in [0.5, 0.6) is 0 Å². The Morgan fingerprint density at radius 2 is 1.68 bits per heavy atom. The van der Waals surface area contributed by atoms with Crippen molar-refractivity contribution in [2.24, 2.45) is 0 Å². The summed E-state index contributed by atoms with van der Waals surface area (Å²) in [5.74, 6) is -0.0967. The van der Waals surface area contributed by atoms with Gasteiger partial charge < -0.3 is 5.32 Å². The van der Waals surface area contributed by atoms with E-state index in [0.717, 1.165) is 26.9 Å². The smallest absolute Gasteiger partial charge is 0.256 e. The van der Waals surface area contributed by atoms with Crippen molar-refractivity contribution in [3.8, 4) is 0 Å². The molecule has 0 heterocycles. The minimum atomic E-state index is -0.0967. The molecule has 0 atom stereocenters. The first-order valence-corrected chi connectivity index (χ1v) is 6.91. The van der Waals surface area contributed by atoms with E-state index in [9.17, 15) is 4.79 Å². The number of carbonyl (C=O) groups excluding carboxylic acids is 1. The van der Waals surface area contributed by atoms with Crippen LogP contribution in [0.2, 0.25) is 0 Å². The molecule has 2 aromatic rings. The van der Waals surface area contributed by atoms with Crippen LogP contribution in [0.25, 0.3) is 0 Å². The summed E-state index contributed by atoms with van der Waals surface area (Å²) < 4.78 is 0.844. The van der Waals surface area contributed by atoms with E-state index in [1.165, 1.54) is 0 Å². The number of hydrogen-bond acceptors (Lipinski definition) is 1. The van der Waals surface area contributed by atoms with Gasteiger partial charge >= 0.3 is 0 Å². The standard InChI is InChI=1S/C16H16BrNO/c1-10-7-11(2)9-13(8-10)18-16(19)14-6-4-5-12(3)15(14)17/h4-9H,1-3H3,(H,18,19). The number of aryl methyl sites for hydroxylation is 3. The number of halogens is 1. The summed E-state index contributed by atoms with van der Waals surface area (Å²) in [6, 6.07) is 11.7. The minimum Gasteiger partial charge on any atom is -0.322 e. The largest absolute Gasteiger partial charge is 0.322 e. The van der Waals surface area contributed by atoms with Crippen LogP contribution in [-0.4, -0.2) is 5.91 Å². The summed E-state index contributed by atoms with van der Waals surface area (Å²) in [7, 11) is 0. The number of nitrogens with one attached hydrogen (secondary N) is 1. The molecule has 0 radical (unpaired) electrons. The molecule has 0 spiro atoms. The summed E-state index contributed by atoms with van der Waals surface area (Å²) in [5, 5.41) is 2.94. The highest BCUT2D eigenvalue weighted by molar-refractivity contribution is 9.10. The molecule has 3 heteroatoms. The highest BCUT2D eigenvalue weighted by Gasteiger charge is 2.11. The van der Waals surface area contributed by atoms with Gasteiger partial charge in [0.1, 0.15) is 0 Å². The first kappa shape index (κ1) is 13.8. The summed E-state index contributed by atoms with van der Waals surface area (Å²) in [6.45, 7) is 6.01. The lowest BCUT2D eigenvalue weighted by Gasteiger charge is -2.10. The van der Waals surface area contributed by atoms with Gasteiger partial charge in [-0.3, -0.25) is 4.79 Å². The first-order valence-electron chi connectivity index (χ1n) is 6.12. The van der Waals surface area contributed by atoms with Crippen LogP contribution in [0.4, 0.5) is 5.69 Å². The maximum absolute atomic E-state index is 12.3. The van der Waals surface area contributed by atoms with Gasteiger partial charge in [0, 0.05) is 10.2 Å². The zero-order valence-electron chi connectivity index (χ0n) is 11.3. The Hall–Kier alpha value is -1.61. The quantitative estimate of drug-likeness (QED) is 0.859. The van der Waals surface area contributed by atoms with E-state index in [-0.39, 0.29) is 5.91 Å². The minimum absolute atomic E-state index is 0.0967. The van der Waals surface area contributed by atoms with Gasteiger partial charge in [0.25, 0.3) is 5.91 Å². The summed E-state index contributed by atoms with van der Waals surface area (Å²) in [5.41, 5.74) is 4.81. The fourth-order valence-corrected chi connectivity index (χ4v) is 2.51. The van der Waals surface area contributed by atoms with Gasteiger partial charge in [0.05, 0.1) is 5.56 Å². The van der Waals surface area contributed by atoms with E-state index < -0.39 is 0 Å². The van der Waals surface area contributed by atoms with Gasteiger partial charge in [-0.25, -0.2) is 0 Å². The molecule has 2 rings (SSSR count). The molecule has 0 fully saturated rings. The highest BCUT2D eigenvalue weighted by Crippen LogP contribution is 2.22. The maximum atomic E-state index is 12.3. The molecule has 19 heavy (non-hydrogen) atoms. The van der Waals surface area contributed by atoms with E-state index in [0.29, 0.717) is 5.56 Å². The van der Waals surface area contributed by atoms with Crippen molar-refractivity contribution in [2.45, 2.75) is 20.8 Å². The SMILES string of the molecule is Cc1cc(C)cc(NC(=O)c2cccc(C)c2Br)c1. The van der Waals surface area contributed by atoms with Gasteiger partial charge in [-0.15, -0.1) is 0 Å². The summed E-state index contributed by atoms with van der Waals surface area (Å²) >= 11 is 3.46. The Kier molecular flexibility index (Phi) is 4.05. The third kappa shape index (κ3) is 3.24. The zero-order chi connectivity index (χ0) is 14.0. The van der Waals surface area contributed by atoms with Gasteiger partial charge in [-0.1, -0.05) is 18.2 Å². The third-order valence-electron chi connectivity index (χ3n) is 2.92. The molecule has 2 aromatic carbocycles. The molecule has 0 saturated carbocycles. The Labute approximate surface area is 122 Å². The van der Waals surface area contributed by atoms with Crippen molar-refractivity contribution in [2.75, 3.05) is 5.32 Å². The molecular weight excluding hydrogens is 302 g/mol. The Bertz CT molecular complexity index is 614. The molecule has 1 N–H and O–H groups in total. The molecule has 0 bridgehead atoms. The van der Waals surface area contributed by atoms with Crippen LogP contribution in [0.3, 0.4) is 0 Å². The molecular formula is C16H16BrNO. The normalized spacial score (nSPS) is 10.3. The van der Waals surface area contributed by atoms with Gasteiger partial charge in [-0.05, 0) is 71.6 Å². The Morgan fingerprint density at radius 1 is 1.05 bits per heavy atom. The van der Waals surface area contributed by atoms with E-state index in [2.05, 4.69) is 27.3 Å². The van der Waals surface area contributed by atoms with E-state index >= 15 is 0 Å². The van der Waals surface area contributed by atoms with Crippen molar-refractivity contribution in [1.29, 1.82) is 0 Å². The van der Waals surface area contributed by atoms with Gasteiger partial charge in [-0.2, -0.15) is 0 Å². The molecule has 1 amide bonds. The predicted molar refractivity (Wildman–Crippen MR) is 82.7 cm³/mol. The van der Waals surface area contributed by atoms with E-state index in [1.54, 1.807) is 0 Å². The second-order valence-corrected chi connectivity index (χ2v) is 5.56. The molecule has 0 aliphatic carbocycles. The summed E-state index contributed by atoms with van der Waals surface area (Å²) in [4.78, 5) is 12.3. The molecule has 0 aromatic heterocycles. The highest BCUT2D eigenvalue weighted by atomic mass is 79.9. The number of anilines is 1. The topological polar surface area (TPSA) is 29.1 Å². The van der Waals surface area contributed by atoms with Crippen LogP contribution in [-0.2, 0) is 0 Å². The van der Waals surface area contributed by atoms with Crippen LogP contribution < -0.4 is 5.32 Å². The lowest BCUT2D eigenvalue weighted by Crippen LogP contribution is -2.13. The van der Waals surface area contributed by atoms with Crippen molar-refractivity contribution in [1.82, 2.24) is 0 Å². The van der Waals surface area contributed by atoms with Crippen molar-refractivity contribution >= 4 is 27.5 Å². The monoisotopic (exact) mass is 317 g/mol. The van der Waals surface area contributed by atoms with Crippen LogP contribution in [0, 0.1) is 20.8 Å².